The first-order chi connectivity index (χ1) is 11.6. The van der Waals surface area contributed by atoms with Crippen LogP contribution in [0.1, 0.15) is 80.1 Å². The zero-order valence-electron chi connectivity index (χ0n) is 18.4. The molecular weight excluding hydrogens is 495 g/mol. The second kappa shape index (κ2) is 12.6. The number of rotatable bonds is 13. The monoisotopic (exact) mass is 540 g/mol. The Morgan fingerprint density at radius 1 is 0.920 bits per heavy atom. The van der Waals surface area contributed by atoms with Crippen molar-refractivity contribution in [3.05, 3.63) is 8.57 Å². The van der Waals surface area contributed by atoms with Gasteiger partial charge in [0.05, 0.1) is 0 Å². The number of unbranched alkanes of at least 4 members (excludes halogenated alkanes) is 3. The van der Waals surface area contributed by atoms with Crippen LogP contribution in [0.15, 0.2) is 8.57 Å². The van der Waals surface area contributed by atoms with E-state index in [0.29, 0.717) is 5.04 Å². The minimum absolute atomic E-state index is 0.292. The predicted octanol–water partition coefficient (Wildman–Crippen LogP) is 8.68. The van der Waals surface area contributed by atoms with Crippen molar-refractivity contribution < 1.29 is 4.43 Å². The van der Waals surface area contributed by atoms with Crippen LogP contribution in [0.2, 0.25) is 31.4 Å². The van der Waals surface area contributed by atoms with Crippen LogP contribution in [0, 0.1) is 0 Å². The molecule has 0 saturated heterocycles. The van der Waals surface area contributed by atoms with Crippen molar-refractivity contribution in [3.8, 4) is 0 Å². The van der Waals surface area contributed by atoms with Gasteiger partial charge in [0.2, 0.25) is 0 Å². The summed E-state index contributed by atoms with van der Waals surface area (Å²) in [6.07, 6.45) is 10.7. The third-order valence-electron chi connectivity index (χ3n) is 6.05. The normalized spacial score (nSPS) is 14.2. The van der Waals surface area contributed by atoms with E-state index in [2.05, 4.69) is 76.6 Å². The van der Waals surface area contributed by atoms with Crippen LogP contribution in [0.3, 0.4) is 0 Å². The van der Waals surface area contributed by atoms with Gasteiger partial charge in [0.25, 0.3) is 0 Å². The summed E-state index contributed by atoms with van der Waals surface area (Å²) in [6.45, 7) is 19.5. The maximum absolute atomic E-state index is 6.44. The summed E-state index contributed by atoms with van der Waals surface area (Å²) in [4.78, 5) is 0. The molecule has 0 aromatic carbocycles. The quantitative estimate of drug-likeness (QED) is 0.213. The molecule has 0 N–H and O–H groups in total. The fourth-order valence-electron chi connectivity index (χ4n) is 3.03. The third-order valence-corrected chi connectivity index (χ3v) is 31.2. The second-order valence-electron chi connectivity index (χ2n) is 9.21. The summed E-state index contributed by atoms with van der Waals surface area (Å²) in [5.74, 6) is 0. The SMILES string of the molecule is CCC[CH2][Sn]([CH2]CCC)([CH2]CCC)/[C](Br)=C/CO[Si](C)(C)C(C)(C)C. The number of hydrogen-bond acceptors (Lipinski definition) is 1. The van der Waals surface area contributed by atoms with Gasteiger partial charge < -0.3 is 0 Å². The van der Waals surface area contributed by atoms with Gasteiger partial charge >= 0.3 is 174 Å². The van der Waals surface area contributed by atoms with E-state index < -0.39 is 26.7 Å². The Bertz CT molecular complexity index is 366. The molecule has 0 unspecified atom stereocenters. The average molecular weight is 540 g/mol. The van der Waals surface area contributed by atoms with Crippen LogP contribution in [-0.4, -0.2) is 33.3 Å². The van der Waals surface area contributed by atoms with Crippen molar-refractivity contribution in [1.29, 1.82) is 0 Å². The molecule has 0 aliphatic heterocycles. The van der Waals surface area contributed by atoms with Crippen LogP contribution in [0.25, 0.3) is 0 Å². The van der Waals surface area contributed by atoms with Gasteiger partial charge in [-0.05, 0) is 0 Å². The Balaban J connectivity index is 5.23. The van der Waals surface area contributed by atoms with E-state index in [-0.39, 0.29) is 0 Å². The van der Waals surface area contributed by atoms with Crippen molar-refractivity contribution in [1.82, 2.24) is 0 Å². The summed E-state index contributed by atoms with van der Waals surface area (Å²) >= 11 is 1.83. The minimum atomic E-state index is -2.27. The maximum atomic E-state index is 6.44. The molecule has 0 aromatic rings. The molecule has 0 aliphatic carbocycles. The van der Waals surface area contributed by atoms with Gasteiger partial charge in [-0.25, -0.2) is 0 Å². The van der Waals surface area contributed by atoms with Crippen molar-refractivity contribution in [2.75, 3.05) is 6.61 Å². The van der Waals surface area contributed by atoms with E-state index in [4.69, 9.17) is 4.43 Å². The molecule has 0 fully saturated rings. The Hall–Kier alpha value is 1.20. The Kier molecular flexibility index (Phi) is 13.2. The molecule has 0 aliphatic rings. The van der Waals surface area contributed by atoms with Crippen LogP contribution < -0.4 is 0 Å². The first-order valence-electron chi connectivity index (χ1n) is 10.6. The zero-order valence-corrected chi connectivity index (χ0v) is 23.9. The Morgan fingerprint density at radius 2 is 1.32 bits per heavy atom. The van der Waals surface area contributed by atoms with Gasteiger partial charge in [-0.1, -0.05) is 0 Å². The summed E-state index contributed by atoms with van der Waals surface area (Å²) in [5.41, 5.74) is 0. The molecule has 0 amide bonds. The van der Waals surface area contributed by atoms with Crippen molar-refractivity contribution >= 4 is 42.6 Å². The molecule has 1 nitrogen and oxygen atoms in total. The van der Waals surface area contributed by atoms with E-state index in [1.807, 2.05) is 0 Å². The van der Waals surface area contributed by atoms with Gasteiger partial charge in [-0.3, -0.25) is 0 Å². The second-order valence-corrected chi connectivity index (χ2v) is 30.1. The molecule has 4 heteroatoms. The molecule has 0 atom stereocenters. The van der Waals surface area contributed by atoms with Gasteiger partial charge in [0.15, 0.2) is 0 Å². The molecule has 25 heavy (non-hydrogen) atoms. The summed E-state index contributed by atoms with van der Waals surface area (Å²) < 4.78 is 12.6. The van der Waals surface area contributed by atoms with Crippen LogP contribution in [0.5, 0.6) is 0 Å². The molecule has 0 aromatic heterocycles. The molecule has 0 bridgehead atoms. The first-order valence-corrected chi connectivity index (χ1v) is 21.7. The summed E-state index contributed by atoms with van der Waals surface area (Å²) in [6, 6.07) is 0. The molecule has 150 valence electrons. The molecular formula is C21H45BrOSiSn. The predicted molar refractivity (Wildman–Crippen MR) is 125 cm³/mol. The average Bonchev–Trinajstić information content (AvgIpc) is 2.53. The molecule has 0 radical (unpaired) electrons. The van der Waals surface area contributed by atoms with Crippen LogP contribution >= 0.6 is 15.9 Å². The van der Waals surface area contributed by atoms with Crippen molar-refractivity contribution in [2.24, 2.45) is 0 Å². The standard InChI is InChI=1S/C9H18BrOSi.3C4H9.Sn/c1-9(2,3)12(4,5)11-8-6-7-10;3*1-3-4-2;/h6H,8H2,1-5H3;3*1,3-4H2,2H3;. The van der Waals surface area contributed by atoms with E-state index in [9.17, 15) is 0 Å². The van der Waals surface area contributed by atoms with Crippen molar-refractivity contribution in [3.63, 3.8) is 0 Å². The van der Waals surface area contributed by atoms with E-state index in [0.717, 1.165) is 6.61 Å². The molecule has 0 rings (SSSR count). The van der Waals surface area contributed by atoms with Gasteiger partial charge in [-0.15, -0.1) is 0 Å². The molecule has 0 heterocycles. The number of halogens is 1. The van der Waals surface area contributed by atoms with E-state index in [1.54, 1.807) is 2.50 Å². The van der Waals surface area contributed by atoms with E-state index in [1.165, 1.54) is 51.8 Å². The number of hydrogen-bond donors (Lipinski definition) is 0. The summed E-state index contributed by atoms with van der Waals surface area (Å²) in [7, 11) is -1.65. The first kappa shape index (κ1) is 26.2. The van der Waals surface area contributed by atoms with Crippen molar-refractivity contribution in [2.45, 2.75) is 112 Å². The molecule has 0 saturated carbocycles. The third kappa shape index (κ3) is 9.29. The summed E-state index contributed by atoms with van der Waals surface area (Å²) in [5, 5.41) is 0.292. The fraction of sp³-hybridized carbons (Fsp3) is 0.905. The van der Waals surface area contributed by atoms with E-state index >= 15 is 0 Å². The van der Waals surface area contributed by atoms with Crippen LogP contribution in [0.4, 0.5) is 0 Å². The molecule has 0 spiro atoms. The van der Waals surface area contributed by atoms with Gasteiger partial charge in [0.1, 0.15) is 0 Å². The Morgan fingerprint density at radius 3 is 1.64 bits per heavy atom. The van der Waals surface area contributed by atoms with Gasteiger partial charge in [0, 0.05) is 0 Å². The Labute approximate surface area is 172 Å². The zero-order chi connectivity index (χ0) is 19.6. The fourth-order valence-corrected chi connectivity index (χ4v) is 22.6. The topological polar surface area (TPSA) is 9.23 Å². The van der Waals surface area contributed by atoms with Gasteiger partial charge in [-0.2, -0.15) is 0 Å². The van der Waals surface area contributed by atoms with Crippen LogP contribution in [-0.2, 0) is 4.43 Å².